The van der Waals surface area contributed by atoms with Gasteiger partial charge in [0.15, 0.2) is 0 Å². The van der Waals surface area contributed by atoms with E-state index in [2.05, 4.69) is 57.3 Å². The average molecular weight is 364 g/mol. The number of aryl methyl sites for hydroxylation is 3. The normalized spacial score (nSPS) is 13.0. The van der Waals surface area contributed by atoms with Gasteiger partial charge in [0.05, 0.1) is 0 Å². The number of nitrogens with one attached hydrogen (secondary N) is 1. The van der Waals surface area contributed by atoms with Crippen molar-refractivity contribution < 1.29 is 9.84 Å². The molecule has 0 fully saturated rings. The Balaban J connectivity index is 0.00000312. The molecule has 3 nitrogen and oxygen atoms in total. The van der Waals surface area contributed by atoms with Crippen molar-refractivity contribution in [2.45, 2.75) is 46.3 Å². The van der Waals surface area contributed by atoms with Gasteiger partial charge in [0.1, 0.15) is 18.5 Å². The van der Waals surface area contributed by atoms with Crippen molar-refractivity contribution in [2.24, 2.45) is 0 Å². The molecule has 4 heteroatoms. The Morgan fingerprint density at radius 1 is 1.00 bits per heavy atom. The monoisotopic (exact) mass is 363 g/mol. The van der Waals surface area contributed by atoms with Crippen LogP contribution in [0.15, 0.2) is 42.5 Å². The van der Waals surface area contributed by atoms with E-state index in [-0.39, 0.29) is 18.4 Å². The summed E-state index contributed by atoms with van der Waals surface area (Å²) < 4.78 is 5.70. The van der Waals surface area contributed by atoms with Crippen molar-refractivity contribution in [3.63, 3.8) is 0 Å². The average Bonchev–Trinajstić information content (AvgIpc) is 2.58. The van der Waals surface area contributed by atoms with Gasteiger partial charge in [-0.1, -0.05) is 42.8 Å². The molecule has 0 aliphatic rings. The third kappa shape index (κ3) is 6.69. The molecule has 2 unspecified atom stereocenters. The molecule has 0 aromatic heterocycles. The van der Waals surface area contributed by atoms with E-state index in [0.29, 0.717) is 13.2 Å². The number of hydrogen-bond donors (Lipinski definition) is 2. The van der Waals surface area contributed by atoms with E-state index in [0.717, 1.165) is 12.2 Å². The van der Waals surface area contributed by atoms with Crippen LogP contribution in [0, 0.1) is 20.8 Å². The van der Waals surface area contributed by atoms with Crippen LogP contribution in [-0.2, 0) is 0 Å². The highest BCUT2D eigenvalue weighted by molar-refractivity contribution is 5.85. The molecule has 2 aromatic rings. The Hall–Kier alpha value is -1.55. The van der Waals surface area contributed by atoms with Crippen LogP contribution >= 0.6 is 12.4 Å². The molecule has 138 valence electrons. The number of aliphatic hydroxyl groups excluding tert-OH is 1. The highest BCUT2D eigenvalue weighted by Gasteiger charge is 2.12. The molecule has 2 rings (SSSR count). The third-order valence-corrected chi connectivity index (χ3v) is 4.41. The van der Waals surface area contributed by atoms with E-state index < -0.39 is 6.10 Å². The molecule has 0 heterocycles. The Labute approximate surface area is 157 Å². The zero-order valence-corrected chi connectivity index (χ0v) is 16.4. The van der Waals surface area contributed by atoms with E-state index in [1.807, 2.05) is 18.2 Å². The summed E-state index contributed by atoms with van der Waals surface area (Å²) in [4.78, 5) is 0. The van der Waals surface area contributed by atoms with E-state index >= 15 is 0 Å². The van der Waals surface area contributed by atoms with Gasteiger partial charge in [-0.15, -0.1) is 12.4 Å². The smallest absolute Gasteiger partial charge is 0.119 e. The highest BCUT2D eigenvalue weighted by atomic mass is 35.5. The van der Waals surface area contributed by atoms with Crippen molar-refractivity contribution in [1.29, 1.82) is 0 Å². The summed E-state index contributed by atoms with van der Waals surface area (Å²) in [7, 11) is 0. The summed E-state index contributed by atoms with van der Waals surface area (Å²) >= 11 is 0. The number of halogens is 1. The number of ether oxygens (including phenoxy) is 1. The van der Waals surface area contributed by atoms with Crippen molar-refractivity contribution in [1.82, 2.24) is 5.32 Å². The summed E-state index contributed by atoms with van der Waals surface area (Å²) in [6.45, 7) is 9.18. The Morgan fingerprint density at radius 3 is 2.28 bits per heavy atom. The maximum atomic E-state index is 10.2. The van der Waals surface area contributed by atoms with E-state index in [1.165, 1.54) is 22.3 Å². The second-order valence-corrected chi connectivity index (χ2v) is 6.49. The molecule has 0 amide bonds. The second kappa shape index (κ2) is 10.4. The second-order valence-electron chi connectivity index (χ2n) is 6.49. The lowest BCUT2D eigenvalue weighted by atomic mass is 10.0. The van der Waals surface area contributed by atoms with Crippen LogP contribution in [-0.4, -0.2) is 24.4 Å². The summed E-state index contributed by atoms with van der Waals surface area (Å²) in [6.07, 6.45) is 0.444. The first-order chi connectivity index (χ1) is 11.5. The molecule has 0 radical (unpaired) electrons. The van der Waals surface area contributed by atoms with Crippen molar-refractivity contribution in [3.05, 3.63) is 64.7 Å². The van der Waals surface area contributed by atoms with E-state index in [1.54, 1.807) is 0 Å². The molecular weight excluding hydrogens is 334 g/mol. The fourth-order valence-electron chi connectivity index (χ4n) is 2.63. The van der Waals surface area contributed by atoms with Gasteiger partial charge < -0.3 is 15.2 Å². The Morgan fingerprint density at radius 2 is 1.68 bits per heavy atom. The molecule has 0 aliphatic heterocycles. The summed E-state index contributed by atoms with van der Waals surface area (Å²) in [6, 6.07) is 14.8. The maximum absolute atomic E-state index is 10.2. The largest absolute Gasteiger partial charge is 0.491 e. The minimum atomic E-state index is -0.536. The predicted octanol–water partition coefficient (Wildman–Crippen LogP) is 4.51. The lowest BCUT2D eigenvalue weighted by Crippen LogP contribution is -2.33. The molecule has 2 atom stereocenters. The summed E-state index contributed by atoms with van der Waals surface area (Å²) in [5.41, 5.74) is 4.96. The topological polar surface area (TPSA) is 41.5 Å². The van der Waals surface area contributed by atoms with Crippen molar-refractivity contribution in [3.8, 4) is 5.75 Å². The van der Waals surface area contributed by atoms with Crippen LogP contribution in [0.25, 0.3) is 0 Å². The molecule has 25 heavy (non-hydrogen) atoms. The molecule has 0 spiro atoms. The van der Waals surface area contributed by atoms with Crippen molar-refractivity contribution in [2.75, 3.05) is 13.2 Å². The van der Waals surface area contributed by atoms with Gasteiger partial charge in [0, 0.05) is 12.6 Å². The van der Waals surface area contributed by atoms with Gasteiger partial charge in [0.25, 0.3) is 0 Å². The fraction of sp³-hybridized carbons (Fsp3) is 0.429. The lowest BCUT2D eigenvalue weighted by molar-refractivity contribution is 0.103. The maximum Gasteiger partial charge on any atom is 0.119 e. The van der Waals surface area contributed by atoms with Gasteiger partial charge in [-0.25, -0.2) is 0 Å². The standard InChI is InChI=1S/C21H29NO2.ClH/c1-5-21(18-9-6-15(2)7-10-18)22-13-19(23)14-24-20-11-8-16(3)17(4)12-20;/h6-12,19,21-23H,5,13-14H2,1-4H3;1H. The third-order valence-electron chi connectivity index (χ3n) is 4.41. The van der Waals surface area contributed by atoms with Crippen LogP contribution < -0.4 is 10.1 Å². The van der Waals surface area contributed by atoms with E-state index in [4.69, 9.17) is 4.74 Å². The molecule has 0 saturated heterocycles. The Bertz CT molecular complexity index is 643. The predicted molar refractivity (Wildman–Crippen MR) is 107 cm³/mol. The zero-order chi connectivity index (χ0) is 17.5. The van der Waals surface area contributed by atoms with Crippen LogP contribution in [0.1, 0.15) is 41.6 Å². The van der Waals surface area contributed by atoms with Gasteiger partial charge in [-0.2, -0.15) is 0 Å². The number of rotatable bonds is 8. The molecule has 0 bridgehead atoms. The van der Waals surface area contributed by atoms with E-state index in [9.17, 15) is 5.11 Å². The number of hydrogen-bond acceptors (Lipinski definition) is 3. The molecule has 0 saturated carbocycles. The molecule has 0 aliphatic carbocycles. The quantitative estimate of drug-likeness (QED) is 0.724. The molecule has 2 N–H and O–H groups in total. The Kier molecular flexibility index (Phi) is 8.98. The first kappa shape index (κ1) is 21.5. The molecule has 2 aromatic carbocycles. The molecular formula is C21H30ClNO2. The van der Waals surface area contributed by atoms with Crippen LogP contribution in [0.3, 0.4) is 0 Å². The van der Waals surface area contributed by atoms with Crippen molar-refractivity contribution >= 4 is 12.4 Å². The highest BCUT2D eigenvalue weighted by Crippen LogP contribution is 2.18. The van der Waals surface area contributed by atoms with Crippen LogP contribution in [0.2, 0.25) is 0 Å². The first-order valence-electron chi connectivity index (χ1n) is 8.67. The summed E-state index contributed by atoms with van der Waals surface area (Å²) in [5.74, 6) is 0.808. The van der Waals surface area contributed by atoms with Crippen LogP contribution in [0.4, 0.5) is 0 Å². The lowest BCUT2D eigenvalue weighted by Gasteiger charge is -2.20. The first-order valence-corrected chi connectivity index (χ1v) is 8.67. The minimum Gasteiger partial charge on any atom is -0.491 e. The van der Waals surface area contributed by atoms with Gasteiger partial charge in [-0.05, 0) is 56.0 Å². The van der Waals surface area contributed by atoms with Gasteiger partial charge >= 0.3 is 0 Å². The van der Waals surface area contributed by atoms with Gasteiger partial charge in [-0.3, -0.25) is 0 Å². The van der Waals surface area contributed by atoms with Gasteiger partial charge in [0.2, 0.25) is 0 Å². The summed E-state index contributed by atoms with van der Waals surface area (Å²) in [5, 5.41) is 13.6. The SMILES string of the molecule is CCC(NCC(O)COc1ccc(C)c(C)c1)c1ccc(C)cc1.Cl. The zero-order valence-electron chi connectivity index (χ0n) is 15.6. The number of aliphatic hydroxyl groups is 1. The minimum absolute atomic E-state index is 0. The van der Waals surface area contributed by atoms with Crippen LogP contribution in [0.5, 0.6) is 5.75 Å². The number of benzene rings is 2. The fourth-order valence-corrected chi connectivity index (χ4v) is 2.63.